The van der Waals surface area contributed by atoms with Crippen molar-refractivity contribution in [2.45, 2.75) is 6.43 Å². The van der Waals surface area contributed by atoms with E-state index in [1.165, 1.54) is 7.11 Å². The van der Waals surface area contributed by atoms with E-state index in [0.29, 0.717) is 5.13 Å². The quantitative estimate of drug-likeness (QED) is 0.618. The summed E-state index contributed by atoms with van der Waals surface area (Å²) < 4.78 is 32.7. The fourth-order valence-corrected chi connectivity index (χ4v) is 2.13. The molecule has 0 saturated carbocycles. The summed E-state index contributed by atoms with van der Waals surface area (Å²) in [5, 5.41) is 3.25. The molecular formula is C9H11ClF2N2O3S. The highest BCUT2D eigenvalue weighted by molar-refractivity contribution is 7.18. The Morgan fingerprint density at radius 2 is 2.33 bits per heavy atom. The number of hydrogen-bond donors (Lipinski definition) is 1. The first-order valence-electron chi connectivity index (χ1n) is 4.89. The number of alkyl halides is 2. The van der Waals surface area contributed by atoms with Gasteiger partial charge in [-0.15, -0.1) is 0 Å². The smallest absolute Gasteiger partial charge is 0.351 e. The summed E-state index contributed by atoms with van der Waals surface area (Å²) in [7, 11) is 1.24. The minimum atomic E-state index is -2.48. The Balaban J connectivity index is 2.37. The van der Waals surface area contributed by atoms with Crippen molar-refractivity contribution in [3.8, 4) is 0 Å². The van der Waals surface area contributed by atoms with Crippen LogP contribution in [0.4, 0.5) is 13.9 Å². The van der Waals surface area contributed by atoms with Crippen LogP contribution in [-0.2, 0) is 9.47 Å². The van der Waals surface area contributed by atoms with Crippen LogP contribution in [0.2, 0.25) is 5.15 Å². The van der Waals surface area contributed by atoms with Gasteiger partial charge in [-0.05, 0) is 0 Å². The molecule has 0 saturated heterocycles. The van der Waals surface area contributed by atoms with Crippen LogP contribution in [-0.4, -0.2) is 44.2 Å². The van der Waals surface area contributed by atoms with Crippen molar-refractivity contribution in [2.75, 3.05) is 32.2 Å². The van der Waals surface area contributed by atoms with Gasteiger partial charge in [-0.1, -0.05) is 22.9 Å². The van der Waals surface area contributed by atoms with Crippen molar-refractivity contribution < 1.29 is 23.0 Å². The molecule has 102 valence electrons. The molecule has 0 aromatic carbocycles. The van der Waals surface area contributed by atoms with Crippen LogP contribution >= 0.6 is 22.9 Å². The number of halogens is 3. The zero-order chi connectivity index (χ0) is 13.5. The monoisotopic (exact) mass is 300 g/mol. The predicted molar refractivity (Wildman–Crippen MR) is 63.8 cm³/mol. The van der Waals surface area contributed by atoms with E-state index in [4.69, 9.17) is 11.6 Å². The van der Waals surface area contributed by atoms with Crippen molar-refractivity contribution in [3.63, 3.8) is 0 Å². The highest BCUT2D eigenvalue weighted by Gasteiger charge is 2.16. The molecule has 1 heterocycles. The zero-order valence-corrected chi connectivity index (χ0v) is 11.0. The number of thiazole rings is 1. The third-order valence-corrected chi connectivity index (χ3v) is 3.10. The fourth-order valence-electron chi connectivity index (χ4n) is 0.998. The summed E-state index contributed by atoms with van der Waals surface area (Å²) in [6.07, 6.45) is -2.48. The lowest BCUT2D eigenvalue weighted by Crippen LogP contribution is -2.12. The van der Waals surface area contributed by atoms with Crippen LogP contribution < -0.4 is 5.32 Å². The number of carbonyl (C=O) groups excluding carboxylic acids is 1. The number of carbonyl (C=O) groups is 1. The number of anilines is 1. The van der Waals surface area contributed by atoms with E-state index in [2.05, 4.69) is 19.8 Å². The molecule has 0 unspecified atom stereocenters. The van der Waals surface area contributed by atoms with Crippen molar-refractivity contribution in [2.24, 2.45) is 0 Å². The highest BCUT2D eigenvalue weighted by Crippen LogP contribution is 2.27. The number of nitrogens with one attached hydrogen (secondary N) is 1. The molecular weight excluding hydrogens is 290 g/mol. The van der Waals surface area contributed by atoms with Gasteiger partial charge in [-0.2, -0.15) is 0 Å². The molecule has 1 aromatic heterocycles. The lowest BCUT2D eigenvalue weighted by molar-refractivity contribution is 0.0215. The molecule has 9 heteroatoms. The molecule has 0 amide bonds. The van der Waals surface area contributed by atoms with Crippen LogP contribution in [0.15, 0.2) is 0 Å². The zero-order valence-electron chi connectivity index (χ0n) is 9.41. The number of nitrogens with zero attached hydrogens (tertiary/aromatic N) is 1. The fraction of sp³-hybridized carbons (Fsp3) is 0.556. The van der Waals surface area contributed by atoms with Gasteiger partial charge < -0.3 is 14.8 Å². The van der Waals surface area contributed by atoms with Gasteiger partial charge in [-0.25, -0.2) is 18.6 Å². The van der Waals surface area contributed by atoms with Gasteiger partial charge in [0, 0.05) is 6.54 Å². The molecule has 0 aliphatic rings. The van der Waals surface area contributed by atoms with Crippen LogP contribution in [0.1, 0.15) is 9.67 Å². The Bertz CT molecular complexity index is 403. The Morgan fingerprint density at radius 1 is 1.61 bits per heavy atom. The molecule has 0 bridgehead atoms. The van der Waals surface area contributed by atoms with E-state index in [0.717, 1.165) is 11.3 Å². The second-order valence-corrected chi connectivity index (χ2v) is 4.38. The highest BCUT2D eigenvalue weighted by atomic mass is 35.5. The number of esters is 1. The SMILES string of the molecule is COC(=O)c1sc(NCCOCC(F)F)nc1Cl. The molecule has 0 radical (unpaired) electrons. The summed E-state index contributed by atoms with van der Waals surface area (Å²) in [5.74, 6) is -0.570. The Hall–Kier alpha value is -0.990. The first-order valence-corrected chi connectivity index (χ1v) is 6.08. The van der Waals surface area contributed by atoms with Gasteiger partial charge in [-0.3, -0.25) is 0 Å². The molecule has 18 heavy (non-hydrogen) atoms. The summed E-state index contributed by atoms with van der Waals surface area (Å²) in [5.41, 5.74) is 0. The van der Waals surface area contributed by atoms with Crippen LogP contribution in [0, 0.1) is 0 Å². The number of methoxy groups -OCH3 is 1. The molecule has 0 aliphatic heterocycles. The van der Waals surface area contributed by atoms with Crippen molar-refractivity contribution in [1.82, 2.24) is 4.98 Å². The number of rotatable bonds is 7. The summed E-state index contributed by atoms with van der Waals surface area (Å²) in [4.78, 5) is 15.3. The van der Waals surface area contributed by atoms with E-state index in [9.17, 15) is 13.6 Å². The van der Waals surface area contributed by atoms with Crippen LogP contribution in [0.25, 0.3) is 0 Å². The van der Waals surface area contributed by atoms with Gasteiger partial charge in [0.25, 0.3) is 6.43 Å². The van der Waals surface area contributed by atoms with E-state index in [-0.39, 0.29) is 23.2 Å². The second-order valence-electron chi connectivity index (χ2n) is 3.02. The standard InChI is InChI=1S/C9H11ClF2N2O3S/c1-16-8(15)6-7(10)14-9(18-6)13-2-3-17-4-5(11)12/h5H,2-4H2,1H3,(H,13,14). The summed E-state index contributed by atoms with van der Waals surface area (Å²) in [6, 6.07) is 0. The first-order chi connectivity index (χ1) is 8.54. The van der Waals surface area contributed by atoms with E-state index in [1.54, 1.807) is 0 Å². The maximum atomic E-state index is 11.7. The van der Waals surface area contributed by atoms with Gasteiger partial charge in [0.05, 0.1) is 13.7 Å². The van der Waals surface area contributed by atoms with Crippen molar-refractivity contribution in [1.29, 1.82) is 0 Å². The second kappa shape index (κ2) is 7.45. The molecule has 0 spiro atoms. The Morgan fingerprint density at radius 3 is 2.94 bits per heavy atom. The topological polar surface area (TPSA) is 60.5 Å². The minimum Gasteiger partial charge on any atom is -0.465 e. The summed E-state index contributed by atoms with van der Waals surface area (Å²) >= 11 is 6.75. The average molecular weight is 301 g/mol. The van der Waals surface area contributed by atoms with Gasteiger partial charge in [0.2, 0.25) is 0 Å². The van der Waals surface area contributed by atoms with Gasteiger partial charge in [0.15, 0.2) is 15.2 Å². The molecule has 0 aliphatic carbocycles. The number of aromatic nitrogens is 1. The Kier molecular flexibility index (Phi) is 6.23. The van der Waals surface area contributed by atoms with Crippen LogP contribution in [0.3, 0.4) is 0 Å². The van der Waals surface area contributed by atoms with E-state index >= 15 is 0 Å². The predicted octanol–water partition coefficient (Wildman–Crippen LogP) is 2.28. The van der Waals surface area contributed by atoms with Crippen molar-refractivity contribution >= 4 is 34.0 Å². The third-order valence-electron chi connectivity index (χ3n) is 1.72. The molecule has 1 rings (SSSR count). The van der Waals surface area contributed by atoms with Crippen LogP contribution in [0.5, 0.6) is 0 Å². The maximum Gasteiger partial charge on any atom is 0.351 e. The van der Waals surface area contributed by atoms with Gasteiger partial charge >= 0.3 is 5.97 Å². The molecule has 1 aromatic rings. The number of ether oxygens (including phenoxy) is 2. The Labute approximate surface area is 111 Å². The van der Waals surface area contributed by atoms with Gasteiger partial charge in [0.1, 0.15) is 6.61 Å². The maximum absolute atomic E-state index is 11.7. The molecule has 0 atom stereocenters. The van der Waals surface area contributed by atoms with Crippen molar-refractivity contribution in [3.05, 3.63) is 10.0 Å². The van der Waals surface area contributed by atoms with E-state index < -0.39 is 19.0 Å². The number of hydrogen-bond acceptors (Lipinski definition) is 6. The third kappa shape index (κ3) is 4.71. The molecule has 0 fully saturated rings. The molecule has 5 nitrogen and oxygen atoms in total. The molecule has 1 N–H and O–H groups in total. The normalized spacial score (nSPS) is 10.7. The lowest BCUT2D eigenvalue weighted by atomic mass is 10.6. The first kappa shape index (κ1) is 15.1. The minimum absolute atomic E-state index is 0.0443. The van der Waals surface area contributed by atoms with E-state index in [1.807, 2.05) is 0 Å². The summed E-state index contributed by atoms with van der Waals surface area (Å²) in [6.45, 7) is -0.208. The largest absolute Gasteiger partial charge is 0.465 e. The average Bonchev–Trinajstić information content (AvgIpc) is 2.69. The lowest BCUT2D eigenvalue weighted by Gasteiger charge is -2.03.